The quantitative estimate of drug-likeness (QED) is 0.659. The van der Waals surface area contributed by atoms with Gasteiger partial charge in [0.1, 0.15) is 0 Å². The minimum absolute atomic E-state index is 0.320. The van der Waals surface area contributed by atoms with Crippen LogP contribution in [0.4, 0.5) is 0 Å². The largest absolute Gasteiger partial charge is 0.478 e. The molecule has 2 N–H and O–H groups in total. The van der Waals surface area contributed by atoms with E-state index in [1.165, 1.54) is 25.7 Å². The molecule has 0 radical (unpaired) electrons. The van der Waals surface area contributed by atoms with Crippen molar-refractivity contribution in [1.82, 2.24) is 5.32 Å². The topological polar surface area (TPSA) is 66.4 Å². The fourth-order valence-electron chi connectivity index (χ4n) is 1.67. The van der Waals surface area contributed by atoms with Crippen LogP contribution in [0.15, 0.2) is 12.2 Å². The van der Waals surface area contributed by atoms with Crippen molar-refractivity contribution >= 4 is 11.9 Å². The van der Waals surface area contributed by atoms with Crippen molar-refractivity contribution in [1.29, 1.82) is 0 Å². The number of hydrogen-bond acceptors (Lipinski definition) is 2. The number of aliphatic carboxylic acids is 1. The Morgan fingerprint density at radius 2 is 1.93 bits per heavy atom. The summed E-state index contributed by atoms with van der Waals surface area (Å²) < 4.78 is 0. The van der Waals surface area contributed by atoms with E-state index in [9.17, 15) is 9.59 Å². The lowest BCUT2D eigenvalue weighted by Crippen LogP contribution is -2.26. The molecular formula is C10H15NO3. The van der Waals surface area contributed by atoms with E-state index in [2.05, 4.69) is 5.32 Å². The van der Waals surface area contributed by atoms with Crippen molar-refractivity contribution < 1.29 is 14.7 Å². The number of nitrogens with one attached hydrogen (secondary N) is 1. The molecule has 1 aliphatic rings. The van der Waals surface area contributed by atoms with Crippen LogP contribution in [0, 0.1) is 5.92 Å². The molecule has 0 unspecified atom stereocenters. The van der Waals surface area contributed by atoms with E-state index in [4.69, 9.17) is 5.11 Å². The van der Waals surface area contributed by atoms with Crippen molar-refractivity contribution in [3.63, 3.8) is 0 Å². The SMILES string of the molecule is O=C(O)/C=C/C(=O)NCC1CCCC1. The molecule has 4 heteroatoms. The number of carbonyl (C=O) groups is 2. The molecule has 0 atom stereocenters. The first-order valence-electron chi connectivity index (χ1n) is 4.87. The normalized spacial score (nSPS) is 17.4. The zero-order valence-electron chi connectivity index (χ0n) is 8.03. The second-order valence-corrected chi connectivity index (χ2v) is 3.57. The van der Waals surface area contributed by atoms with E-state index in [1.54, 1.807) is 0 Å². The van der Waals surface area contributed by atoms with Gasteiger partial charge in [-0.15, -0.1) is 0 Å². The Kier molecular flexibility index (Phi) is 4.16. The van der Waals surface area contributed by atoms with Gasteiger partial charge in [-0.05, 0) is 18.8 Å². The summed E-state index contributed by atoms with van der Waals surface area (Å²) in [4.78, 5) is 21.1. The maximum absolute atomic E-state index is 11.0. The number of amides is 1. The zero-order valence-corrected chi connectivity index (χ0v) is 8.03. The van der Waals surface area contributed by atoms with Crippen LogP contribution in [-0.2, 0) is 9.59 Å². The van der Waals surface area contributed by atoms with Crippen LogP contribution in [0.1, 0.15) is 25.7 Å². The molecule has 0 aromatic heterocycles. The predicted octanol–water partition coefficient (Wildman–Crippen LogP) is 0.934. The van der Waals surface area contributed by atoms with Crippen LogP contribution < -0.4 is 5.32 Å². The first-order valence-corrected chi connectivity index (χ1v) is 4.87. The van der Waals surface area contributed by atoms with Crippen molar-refractivity contribution in [3.05, 3.63) is 12.2 Å². The summed E-state index contributed by atoms with van der Waals surface area (Å²) in [5.74, 6) is -0.836. The first kappa shape index (κ1) is 10.8. The third-order valence-electron chi connectivity index (χ3n) is 2.42. The van der Waals surface area contributed by atoms with Crippen molar-refractivity contribution in [2.24, 2.45) is 5.92 Å². The van der Waals surface area contributed by atoms with Crippen molar-refractivity contribution in [2.75, 3.05) is 6.54 Å². The van der Waals surface area contributed by atoms with Gasteiger partial charge in [-0.3, -0.25) is 4.79 Å². The lowest BCUT2D eigenvalue weighted by atomic mass is 10.1. The van der Waals surface area contributed by atoms with Crippen molar-refractivity contribution in [3.8, 4) is 0 Å². The lowest BCUT2D eigenvalue weighted by Gasteiger charge is -2.08. The molecule has 1 amide bonds. The zero-order chi connectivity index (χ0) is 10.4. The van der Waals surface area contributed by atoms with Gasteiger partial charge in [0, 0.05) is 18.7 Å². The van der Waals surface area contributed by atoms with E-state index in [0.717, 1.165) is 12.2 Å². The average molecular weight is 197 g/mol. The summed E-state index contributed by atoms with van der Waals surface area (Å²) in [7, 11) is 0. The van der Waals surface area contributed by atoms with Gasteiger partial charge in [0.25, 0.3) is 0 Å². The highest BCUT2D eigenvalue weighted by Gasteiger charge is 2.14. The van der Waals surface area contributed by atoms with E-state index in [0.29, 0.717) is 12.5 Å². The average Bonchev–Trinajstić information content (AvgIpc) is 2.63. The molecule has 78 valence electrons. The summed E-state index contributed by atoms with van der Waals surface area (Å²) in [6, 6.07) is 0. The molecule has 0 aromatic rings. The Balaban J connectivity index is 2.17. The smallest absolute Gasteiger partial charge is 0.328 e. The number of carboxylic acids is 1. The third-order valence-corrected chi connectivity index (χ3v) is 2.42. The van der Waals surface area contributed by atoms with Gasteiger partial charge in [-0.1, -0.05) is 12.8 Å². The molecule has 0 aromatic carbocycles. The molecule has 1 rings (SSSR count). The standard InChI is InChI=1S/C10H15NO3/c12-9(5-6-10(13)14)11-7-8-3-1-2-4-8/h5-6,8H,1-4,7H2,(H,11,12)(H,13,14)/b6-5+. The van der Waals surface area contributed by atoms with Gasteiger partial charge in [-0.2, -0.15) is 0 Å². The molecule has 0 heterocycles. The van der Waals surface area contributed by atoms with Crippen LogP contribution in [0.3, 0.4) is 0 Å². The van der Waals surface area contributed by atoms with Gasteiger partial charge in [-0.25, -0.2) is 4.79 Å². The summed E-state index contributed by atoms with van der Waals surface area (Å²) >= 11 is 0. The van der Waals surface area contributed by atoms with Gasteiger partial charge >= 0.3 is 5.97 Å². The summed E-state index contributed by atoms with van der Waals surface area (Å²) in [6.45, 7) is 0.669. The molecule has 0 spiro atoms. The Morgan fingerprint density at radius 1 is 1.29 bits per heavy atom. The van der Waals surface area contributed by atoms with E-state index in [-0.39, 0.29) is 5.91 Å². The molecule has 1 fully saturated rings. The fourth-order valence-corrected chi connectivity index (χ4v) is 1.67. The highest BCUT2D eigenvalue weighted by atomic mass is 16.4. The van der Waals surface area contributed by atoms with E-state index >= 15 is 0 Å². The summed E-state index contributed by atoms with van der Waals surface area (Å²) in [6.07, 6.45) is 6.73. The monoisotopic (exact) mass is 197 g/mol. The van der Waals surface area contributed by atoms with Gasteiger partial charge in [0.2, 0.25) is 5.91 Å². The second-order valence-electron chi connectivity index (χ2n) is 3.57. The minimum atomic E-state index is -1.10. The number of hydrogen-bond donors (Lipinski definition) is 2. The van der Waals surface area contributed by atoms with Gasteiger partial charge in [0.15, 0.2) is 0 Å². The Bertz CT molecular complexity index is 242. The predicted molar refractivity (Wildman–Crippen MR) is 51.7 cm³/mol. The molecule has 0 bridgehead atoms. The molecule has 0 aliphatic heterocycles. The van der Waals surface area contributed by atoms with Crippen LogP contribution in [0.25, 0.3) is 0 Å². The van der Waals surface area contributed by atoms with Gasteiger partial charge < -0.3 is 10.4 Å². The minimum Gasteiger partial charge on any atom is -0.478 e. The van der Waals surface area contributed by atoms with Crippen LogP contribution in [0.2, 0.25) is 0 Å². The maximum atomic E-state index is 11.0. The molecule has 4 nitrogen and oxygen atoms in total. The second kappa shape index (κ2) is 5.42. The Labute approximate surface area is 83.0 Å². The summed E-state index contributed by atoms with van der Waals surface area (Å²) in [5.41, 5.74) is 0. The molecular weight excluding hydrogens is 182 g/mol. The lowest BCUT2D eigenvalue weighted by molar-refractivity contribution is -0.131. The maximum Gasteiger partial charge on any atom is 0.328 e. The van der Waals surface area contributed by atoms with Crippen LogP contribution >= 0.6 is 0 Å². The van der Waals surface area contributed by atoms with Crippen molar-refractivity contribution in [2.45, 2.75) is 25.7 Å². The third kappa shape index (κ3) is 4.07. The van der Waals surface area contributed by atoms with E-state index < -0.39 is 5.97 Å². The number of carbonyl (C=O) groups excluding carboxylic acids is 1. The highest BCUT2D eigenvalue weighted by molar-refractivity contribution is 5.93. The molecule has 1 saturated carbocycles. The number of rotatable bonds is 4. The Hall–Kier alpha value is -1.32. The molecule has 0 saturated heterocycles. The van der Waals surface area contributed by atoms with Crippen LogP contribution in [-0.4, -0.2) is 23.5 Å². The van der Waals surface area contributed by atoms with E-state index in [1.807, 2.05) is 0 Å². The first-order chi connectivity index (χ1) is 6.68. The summed E-state index contributed by atoms with van der Waals surface area (Å²) in [5, 5.41) is 11.0. The highest BCUT2D eigenvalue weighted by Crippen LogP contribution is 2.23. The molecule has 1 aliphatic carbocycles. The van der Waals surface area contributed by atoms with Gasteiger partial charge in [0.05, 0.1) is 0 Å². The Morgan fingerprint density at radius 3 is 2.50 bits per heavy atom. The number of carboxylic acid groups (broad SMARTS) is 1. The molecule has 14 heavy (non-hydrogen) atoms. The fraction of sp³-hybridized carbons (Fsp3) is 0.600. The van der Waals surface area contributed by atoms with Crippen LogP contribution in [0.5, 0.6) is 0 Å².